The van der Waals surface area contributed by atoms with Gasteiger partial charge in [-0.3, -0.25) is 18.9 Å². The number of nitrogens with two attached hydrogens (primary N) is 1. The molecule has 0 bridgehead atoms. The molecular weight excluding hydrogens is 474 g/mol. The minimum Gasteiger partial charge on any atom is -0.404 e. The van der Waals surface area contributed by atoms with Gasteiger partial charge in [0.2, 0.25) is 0 Å². The number of nitrogens with zero attached hydrogens (tertiary/aromatic N) is 5. The third-order valence-electron chi connectivity index (χ3n) is 3.90. The Bertz CT molecular complexity index is 1250. The molecule has 0 atom stereocenters. The van der Waals surface area contributed by atoms with E-state index in [1.54, 1.807) is 0 Å². The van der Waals surface area contributed by atoms with E-state index in [9.17, 15) is 31.1 Å². The molecule has 0 aliphatic heterocycles. The second-order valence-corrected chi connectivity index (χ2v) is 7.36. The zero-order valence-corrected chi connectivity index (χ0v) is 16.9. The van der Waals surface area contributed by atoms with Crippen molar-refractivity contribution < 1.29 is 26.3 Å². The maximum atomic E-state index is 13.6. The van der Waals surface area contributed by atoms with Crippen molar-refractivity contribution in [3.05, 3.63) is 55.8 Å². The molecule has 0 spiro atoms. The average Bonchev–Trinajstić information content (AvgIpc) is 3.20. The lowest BCUT2D eigenvalue weighted by atomic mass is 10.2. The van der Waals surface area contributed by atoms with Crippen LogP contribution in [0.4, 0.5) is 26.3 Å². The van der Waals surface area contributed by atoms with Crippen LogP contribution >= 0.6 is 22.9 Å². The van der Waals surface area contributed by atoms with Crippen LogP contribution in [0.25, 0.3) is 10.5 Å². The molecule has 0 aliphatic rings. The number of allylic oxidation sites excluding steroid dienone is 1. The number of halogens is 7. The number of hydrogen-bond donors (Lipinski definition) is 1. The number of aromatic nitrogens is 4. The molecule has 0 fully saturated rings. The molecule has 3 rings (SSSR count). The van der Waals surface area contributed by atoms with E-state index in [4.69, 9.17) is 17.3 Å². The van der Waals surface area contributed by atoms with Gasteiger partial charge in [0.25, 0.3) is 5.56 Å². The fourth-order valence-electron chi connectivity index (χ4n) is 2.76. The standard InChI is InChI=1S/C16H11ClF6N6OS/c1-25-5-7(4-24)12-13(16(21,22)23)31-14-26-8(2-11(30)29(12)14)6-28-9(15(18,19)20)3-10(17)27-28/h2-5H,6,24H2,1H3. The largest absolute Gasteiger partial charge is 0.433 e. The number of hydrogen-bond acceptors (Lipinski definition) is 6. The van der Waals surface area contributed by atoms with Crippen molar-refractivity contribution >= 4 is 39.7 Å². The van der Waals surface area contributed by atoms with Gasteiger partial charge >= 0.3 is 12.4 Å². The molecule has 31 heavy (non-hydrogen) atoms. The summed E-state index contributed by atoms with van der Waals surface area (Å²) in [5.74, 6) is 0. The Labute approximate surface area is 178 Å². The quantitative estimate of drug-likeness (QED) is 0.452. The van der Waals surface area contributed by atoms with Gasteiger partial charge in [-0.15, -0.1) is 0 Å². The normalized spacial score (nSPS) is 13.6. The van der Waals surface area contributed by atoms with Crippen LogP contribution in [0.2, 0.25) is 5.15 Å². The minimum atomic E-state index is -4.85. The average molecular weight is 485 g/mol. The lowest BCUT2D eigenvalue weighted by Gasteiger charge is -2.10. The van der Waals surface area contributed by atoms with E-state index in [1.165, 1.54) is 7.05 Å². The summed E-state index contributed by atoms with van der Waals surface area (Å²) in [4.78, 5) is 18.6. The van der Waals surface area contributed by atoms with Gasteiger partial charge in [-0.05, 0) is 0 Å². The Morgan fingerprint density at radius 2 is 1.94 bits per heavy atom. The van der Waals surface area contributed by atoms with Crippen molar-refractivity contribution in [1.82, 2.24) is 19.2 Å². The molecule has 2 N–H and O–H groups in total. The van der Waals surface area contributed by atoms with Crippen LogP contribution in [0, 0.1) is 0 Å². The molecule has 166 valence electrons. The minimum absolute atomic E-state index is 0.145. The lowest BCUT2D eigenvalue weighted by molar-refractivity contribution is -0.144. The van der Waals surface area contributed by atoms with E-state index in [1.807, 2.05) is 0 Å². The van der Waals surface area contributed by atoms with Crippen LogP contribution in [-0.4, -0.2) is 32.4 Å². The molecule has 3 aromatic rings. The van der Waals surface area contributed by atoms with Crippen LogP contribution in [0.1, 0.15) is 22.0 Å². The van der Waals surface area contributed by atoms with Gasteiger partial charge < -0.3 is 5.73 Å². The van der Waals surface area contributed by atoms with Gasteiger partial charge in [0, 0.05) is 37.2 Å². The van der Waals surface area contributed by atoms with Crippen LogP contribution in [0.3, 0.4) is 0 Å². The lowest BCUT2D eigenvalue weighted by Crippen LogP contribution is -2.21. The number of aliphatic imine (C=N–C) groups is 1. The summed E-state index contributed by atoms with van der Waals surface area (Å²) >= 11 is 5.69. The van der Waals surface area contributed by atoms with Crippen LogP contribution in [-0.2, 0) is 18.9 Å². The van der Waals surface area contributed by atoms with Crippen molar-refractivity contribution in [2.75, 3.05) is 7.05 Å². The molecule has 0 aliphatic carbocycles. The van der Waals surface area contributed by atoms with Crippen molar-refractivity contribution in [3.8, 4) is 0 Å². The summed E-state index contributed by atoms with van der Waals surface area (Å²) < 4.78 is 81.3. The maximum Gasteiger partial charge on any atom is 0.433 e. The summed E-state index contributed by atoms with van der Waals surface area (Å²) in [7, 11) is 1.30. The van der Waals surface area contributed by atoms with E-state index >= 15 is 0 Å². The fourth-order valence-corrected chi connectivity index (χ4v) is 4.00. The Morgan fingerprint density at radius 3 is 2.48 bits per heavy atom. The van der Waals surface area contributed by atoms with Crippen molar-refractivity contribution in [1.29, 1.82) is 0 Å². The van der Waals surface area contributed by atoms with Gasteiger partial charge in [-0.1, -0.05) is 22.9 Å². The highest BCUT2D eigenvalue weighted by Crippen LogP contribution is 2.39. The maximum absolute atomic E-state index is 13.6. The Hall–Kier alpha value is -2.87. The molecule has 15 heteroatoms. The van der Waals surface area contributed by atoms with Gasteiger partial charge in [0.05, 0.1) is 17.9 Å². The number of rotatable bonds is 4. The van der Waals surface area contributed by atoms with Gasteiger partial charge in [-0.25, -0.2) is 4.98 Å². The molecule has 0 amide bonds. The molecule has 3 aromatic heterocycles. The summed E-state index contributed by atoms with van der Waals surface area (Å²) in [6.07, 6.45) is -7.75. The number of alkyl halides is 6. The second kappa shape index (κ2) is 8.00. The van der Waals surface area contributed by atoms with Gasteiger partial charge in [-0.2, -0.15) is 31.4 Å². The molecule has 0 saturated heterocycles. The molecule has 0 aromatic carbocycles. The molecule has 0 unspecified atom stereocenters. The molecule has 0 radical (unpaired) electrons. The Morgan fingerprint density at radius 1 is 1.26 bits per heavy atom. The predicted molar refractivity (Wildman–Crippen MR) is 102 cm³/mol. The molecule has 0 saturated carbocycles. The van der Waals surface area contributed by atoms with Crippen LogP contribution in [0.5, 0.6) is 0 Å². The summed E-state index contributed by atoms with van der Waals surface area (Å²) in [5, 5.41) is 3.06. The summed E-state index contributed by atoms with van der Waals surface area (Å²) in [6.45, 7) is -0.641. The first kappa shape index (κ1) is 22.8. The third-order valence-corrected chi connectivity index (χ3v) is 5.17. The van der Waals surface area contributed by atoms with Crippen LogP contribution < -0.4 is 11.3 Å². The first-order chi connectivity index (χ1) is 14.4. The highest BCUT2D eigenvalue weighted by Gasteiger charge is 2.39. The van der Waals surface area contributed by atoms with Crippen molar-refractivity contribution in [2.24, 2.45) is 10.7 Å². The van der Waals surface area contributed by atoms with Crippen LogP contribution in [0.15, 0.2) is 28.1 Å². The monoisotopic (exact) mass is 484 g/mol. The SMILES string of the molecule is CN=CC(=CN)c1c(C(F)(F)F)sc2nc(Cn3nc(Cl)cc3C(F)(F)F)cc(=O)n12. The Kier molecular flexibility index (Phi) is 5.88. The molecule has 3 heterocycles. The highest BCUT2D eigenvalue weighted by molar-refractivity contribution is 7.17. The number of fused-ring (bicyclic) bond motifs is 1. The highest BCUT2D eigenvalue weighted by atomic mass is 35.5. The van der Waals surface area contributed by atoms with E-state index in [-0.39, 0.29) is 27.6 Å². The summed E-state index contributed by atoms with van der Waals surface area (Å²) in [5.41, 5.74) is 2.28. The van der Waals surface area contributed by atoms with E-state index in [0.29, 0.717) is 15.1 Å². The number of thiazole rings is 1. The van der Waals surface area contributed by atoms with Gasteiger partial charge in [0.15, 0.2) is 10.1 Å². The Balaban J connectivity index is 2.22. The van der Waals surface area contributed by atoms with Crippen molar-refractivity contribution in [3.63, 3.8) is 0 Å². The zero-order valence-electron chi connectivity index (χ0n) is 15.3. The van der Waals surface area contributed by atoms with Gasteiger partial charge in [0.1, 0.15) is 10.6 Å². The van der Waals surface area contributed by atoms with E-state index in [0.717, 1.165) is 18.5 Å². The predicted octanol–water partition coefficient (Wildman–Crippen LogP) is 3.69. The van der Waals surface area contributed by atoms with E-state index in [2.05, 4.69) is 15.1 Å². The first-order valence-corrected chi connectivity index (χ1v) is 9.34. The summed E-state index contributed by atoms with van der Waals surface area (Å²) in [6, 6.07) is 1.40. The third kappa shape index (κ3) is 4.44. The van der Waals surface area contributed by atoms with E-state index < -0.39 is 45.9 Å². The zero-order chi connectivity index (χ0) is 23.1. The molecule has 7 nitrogen and oxygen atoms in total. The topological polar surface area (TPSA) is 90.6 Å². The smallest absolute Gasteiger partial charge is 0.404 e. The van der Waals surface area contributed by atoms with Crippen molar-refractivity contribution in [2.45, 2.75) is 18.9 Å². The first-order valence-electron chi connectivity index (χ1n) is 8.14. The fraction of sp³-hybridized carbons (Fsp3) is 0.250. The second-order valence-electron chi connectivity index (χ2n) is 6.00. The molecular formula is C16H11ClF6N6OS.